The zero-order valence-corrected chi connectivity index (χ0v) is 16.2. The van der Waals surface area contributed by atoms with Crippen molar-refractivity contribution >= 4 is 40.3 Å². The number of unbranched alkanes of at least 4 members (excludes halogenated alkanes) is 5. The number of anilines is 1. The molecule has 0 bridgehead atoms. The Labute approximate surface area is 156 Å². The Morgan fingerprint density at radius 3 is 2.60 bits per heavy atom. The number of nitrogens with zero attached hydrogens (tertiary/aromatic N) is 1. The van der Waals surface area contributed by atoms with Gasteiger partial charge in [-0.25, -0.2) is 9.59 Å². The van der Waals surface area contributed by atoms with E-state index in [1.807, 2.05) is 0 Å². The number of nitrogens with one attached hydrogen (secondary N) is 2. The number of urea groups is 1. The molecule has 0 saturated heterocycles. The quantitative estimate of drug-likeness (QED) is 0.302. The van der Waals surface area contributed by atoms with E-state index in [0.29, 0.717) is 18.0 Å². The summed E-state index contributed by atoms with van der Waals surface area (Å²) in [5, 5.41) is 24.1. The Balaban J connectivity index is 2.50. The highest BCUT2D eigenvalue weighted by Gasteiger charge is 2.22. The van der Waals surface area contributed by atoms with Crippen LogP contribution in [0.2, 0.25) is 0 Å². The SMILES string of the molecule is CCCCCCSc1nsc(NC(=O)NCCCCCO)c1C(=O)O. The summed E-state index contributed by atoms with van der Waals surface area (Å²) < 4.78 is 4.18. The van der Waals surface area contributed by atoms with Gasteiger partial charge in [-0.05, 0) is 43.0 Å². The summed E-state index contributed by atoms with van der Waals surface area (Å²) in [5.41, 5.74) is 0.0703. The van der Waals surface area contributed by atoms with Gasteiger partial charge < -0.3 is 15.5 Å². The van der Waals surface area contributed by atoms with E-state index < -0.39 is 12.0 Å². The molecule has 1 rings (SSSR count). The first-order valence-corrected chi connectivity index (χ1v) is 10.4. The van der Waals surface area contributed by atoms with Crippen molar-refractivity contribution in [3.8, 4) is 0 Å². The van der Waals surface area contributed by atoms with Crippen LogP contribution in [0.15, 0.2) is 5.03 Å². The van der Waals surface area contributed by atoms with E-state index in [2.05, 4.69) is 21.9 Å². The van der Waals surface area contributed by atoms with Crippen LogP contribution in [0, 0.1) is 0 Å². The molecule has 1 heterocycles. The van der Waals surface area contributed by atoms with Gasteiger partial charge in [-0.1, -0.05) is 26.2 Å². The van der Waals surface area contributed by atoms with Gasteiger partial charge in [0.15, 0.2) is 0 Å². The number of aliphatic hydroxyl groups is 1. The molecule has 0 aromatic carbocycles. The lowest BCUT2D eigenvalue weighted by atomic mass is 10.2. The zero-order valence-electron chi connectivity index (χ0n) is 14.5. The molecular weight excluding hydrogens is 362 g/mol. The molecular formula is C16H27N3O4S2. The molecule has 0 unspecified atom stereocenters. The largest absolute Gasteiger partial charge is 0.477 e. The number of aromatic nitrogens is 1. The molecule has 2 amide bonds. The van der Waals surface area contributed by atoms with Gasteiger partial charge in [0, 0.05) is 13.2 Å². The summed E-state index contributed by atoms with van der Waals surface area (Å²) in [6.45, 7) is 2.77. The number of amides is 2. The molecule has 0 aliphatic heterocycles. The second-order valence-corrected chi connectivity index (χ2v) is 7.43. The van der Waals surface area contributed by atoms with Crippen molar-refractivity contribution in [3.05, 3.63) is 5.56 Å². The van der Waals surface area contributed by atoms with E-state index in [9.17, 15) is 14.7 Å². The fraction of sp³-hybridized carbons (Fsp3) is 0.688. The molecule has 1 aromatic rings. The van der Waals surface area contributed by atoms with E-state index >= 15 is 0 Å². The van der Waals surface area contributed by atoms with Crippen LogP contribution in [0.4, 0.5) is 9.80 Å². The monoisotopic (exact) mass is 389 g/mol. The first kappa shape index (κ1) is 21.7. The summed E-state index contributed by atoms with van der Waals surface area (Å²) in [6, 6.07) is -0.436. The van der Waals surface area contributed by atoms with Crippen molar-refractivity contribution in [2.75, 3.05) is 24.2 Å². The van der Waals surface area contributed by atoms with Crippen molar-refractivity contribution in [1.82, 2.24) is 9.69 Å². The van der Waals surface area contributed by atoms with Crippen LogP contribution >= 0.6 is 23.3 Å². The minimum atomic E-state index is -1.08. The third kappa shape index (κ3) is 8.55. The maximum absolute atomic E-state index is 11.9. The van der Waals surface area contributed by atoms with Crippen molar-refractivity contribution < 1.29 is 19.8 Å². The number of rotatable bonds is 13. The van der Waals surface area contributed by atoms with Crippen molar-refractivity contribution in [2.45, 2.75) is 56.9 Å². The van der Waals surface area contributed by atoms with Crippen molar-refractivity contribution in [3.63, 3.8) is 0 Å². The highest BCUT2D eigenvalue weighted by atomic mass is 32.2. The molecule has 142 valence electrons. The number of hydrogen-bond donors (Lipinski definition) is 4. The Bertz CT molecular complexity index is 537. The number of thioether (sulfide) groups is 1. The van der Waals surface area contributed by atoms with E-state index in [4.69, 9.17) is 5.11 Å². The van der Waals surface area contributed by atoms with Gasteiger partial charge in [0.05, 0.1) is 0 Å². The molecule has 25 heavy (non-hydrogen) atoms. The molecule has 0 fully saturated rings. The minimum Gasteiger partial charge on any atom is -0.477 e. The summed E-state index contributed by atoms with van der Waals surface area (Å²) in [4.78, 5) is 23.4. The fourth-order valence-electron chi connectivity index (χ4n) is 2.11. The predicted molar refractivity (Wildman–Crippen MR) is 102 cm³/mol. The van der Waals surface area contributed by atoms with E-state index in [1.54, 1.807) is 0 Å². The molecule has 0 spiro atoms. The molecule has 0 aliphatic rings. The summed E-state index contributed by atoms with van der Waals surface area (Å²) in [6.07, 6.45) is 6.78. The van der Waals surface area contributed by atoms with Crippen molar-refractivity contribution in [2.24, 2.45) is 0 Å². The van der Waals surface area contributed by atoms with Gasteiger partial charge in [0.1, 0.15) is 15.6 Å². The van der Waals surface area contributed by atoms with E-state index in [-0.39, 0.29) is 17.2 Å². The molecule has 9 heteroatoms. The molecule has 4 N–H and O–H groups in total. The lowest BCUT2D eigenvalue weighted by molar-refractivity contribution is 0.0694. The van der Waals surface area contributed by atoms with Crippen LogP contribution in [0.25, 0.3) is 0 Å². The Kier molecular flexibility index (Phi) is 11.3. The number of carbonyl (C=O) groups is 2. The van der Waals surface area contributed by atoms with Gasteiger partial charge >= 0.3 is 12.0 Å². The third-order valence-electron chi connectivity index (χ3n) is 3.46. The number of carboxylic acids is 1. The van der Waals surface area contributed by atoms with Crippen molar-refractivity contribution in [1.29, 1.82) is 0 Å². The summed E-state index contributed by atoms with van der Waals surface area (Å²) >= 11 is 2.42. The fourth-order valence-corrected chi connectivity index (χ4v) is 4.05. The molecule has 1 aromatic heterocycles. The van der Waals surface area contributed by atoms with Crippen LogP contribution in [0.3, 0.4) is 0 Å². The second-order valence-electron chi connectivity index (χ2n) is 5.57. The molecule has 0 saturated carbocycles. The lowest BCUT2D eigenvalue weighted by Gasteiger charge is -2.06. The normalized spacial score (nSPS) is 10.6. The highest BCUT2D eigenvalue weighted by Crippen LogP contribution is 2.32. The number of aliphatic hydroxyl groups excluding tert-OH is 1. The Hall–Kier alpha value is -1.32. The number of carboxylic acid groups (broad SMARTS) is 1. The summed E-state index contributed by atoms with van der Waals surface area (Å²) in [7, 11) is 0. The average molecular weight is 390 g/mol. The first-order valence-electron chi connectivity index (χ1n) is 8.61. The third-order valence-corrected chi connectivity index (χ3v) is 5.40. The highest BCUT2D eigenvalue weighted by molar-refractivity contribution is 7.99. The van der Waals surface area contributed by atoms with Gasteiger partial charge in [-0.3, -0.25) is 5.32 Å². The minimum absolute atomic E-state index is 0.0703. The van der Waals surface area contributed by atoms with Gasteiger partial charge in [-0.2, -0.15) is 4.37 Å². The van der Waals surface area contributed by atoms with E-state index in [0.717, 1.165) is 49.4 Å². The average Bonchev–Trinajstić information content (AvgIpc) is 2.97. The molecule has 0 aliphatic carbocycles. The smallest absolute Gasteiger partial charge is 0.341 e. The molecule has 0 radical (unpaired) electrons. The van der Waals surface area contributed by atoms with Gasteiger partial charge in [0.2, 0.25) is 0 Å². The maximum Gasteiger partial charge on any atom is 0.341 e. The van der Waals surface area contributed by atoms with Crippen LogP contribution in [-0.4, -0.2) is 45.5 Å². The summed E-state index contributed by atoms with van der Waals surface area (Å²) in [5.74, 6) is -0.261. The number of hydrogen-bond acceptors (Lipinski definition) is 6. The van der Waals surface area contributed by atoms with Crippen LogP contribution < -0.4 is 10.6 Å². The zero-order chi connectivity index (χ0) is 18.5. The topological polar surface area (TPSA) is 112 Å². The van der Waals surface area contributed by atoms with Gasteiger partial charge in [0.25, 0.3) is 0 Å². The van der Waals surface area contributed by atoms with Crippen LogP contribution in [0.5, 0.6) is 0 Å². The Morgan fingerprint density at radius 1 is 1.16 bits per heavy atom. The van der Waals surface area contributed by atoms with Crippen LogP contribution in [0.1, 0.15) is 62.2 Å². The van der Waals surface area contributed by atoms with E-state index in [1.165, 1.54) is 18.2 Å². The van der Waals surface area contributed by atoms with Crippen LogP contribution in [-0.2, 0) is 0 Å². The molecule has 7 nitrogen and oxygen atoms in total. The standard InChI is InChI=1S/C16H27N3O4S2/c1-2-3-4-8-11-24-14-12(15(21)22)13(25-19-14)18-16(23)17-9-6-5-7-10-20/h20H,2-11H2,1H3,(H,21,22)(H2,17,18,23). The number of aromatic carboxylic acids is 1. The maximum atomic E-state index is 11.9. The second kappa shape index (κ2) is 13.0. The Morgan fingerprint density at radius 2 is 1.92 bits per heavy atom. The predicted octanol–water partition coefficient (Wildman–Crippen LogP) is 3.80. The number of carbonyl (C=O) groups excluding carboxylic acids is 1. The first-order chi connectivity index (χ1) is 12.1. The molecule has 0 atom stereocenters. The van der Waals surface area contributed by atoms with Gasteiger partial charge in [-0.15, -0.1) is 11.8 Å². The lowest BCUT2D eigenvalue weighted by Crippen LogP contribution is -2.29.